The van der Waals surface area contributed by atoms with Gasteiger partial charge in [0.05, 0.1) is 12.7 Å². The Morgan fingerprint density at radius 3 is 2.31 bits per heavy atom. The highest BCUT2D eigenvalue weighted by Gasteiger charge is 2.21. The van der Waals surface area contributed by atoms with E-state index in [9.17, 15) is 9.18 Å². The smallest absolute Gasteiger partial charge is 0.216 e. The maximum atomic E-state index is 13.3. The first kappa shape index (κ1) is 27.9. The van der Waals surface area contributed by atoms with Crippen LogP contribution in [0.5, 0.6) is 0 Å². The summed E-state index contributed by atoms with van der Waals surface area (Å²) in [5, 5.41) is 7.15. The summed E-state index contributed by atoms with van der Waals surface area (Å²) in [6, 6.07) is 6.37. The molecule has 1 N–H and O–H groups in total. The van der Waals surface area contributed by atoms with E-state index in [1.165, 1.54) is 19.1 Å². The number of anilines is 1. The van der Waals surface area contributed by atoms with Gasteiger partial charge in [-0.1, -0.05) is 27.7 Å². The third-order valence-electron chi connectivity index (χ3n) is 5.28. The number of carbonyl (C=O) groups excluding carboxylic acids is 1. The van der Waals surface area contributed by atoms with Crippen molar-refractivity contribution in [1.82, 2.24) is 30.0 Å². The summed E-state index contributed by atoms with van der Waals surface area (Å²) in [4.78, 5) is 24.7. The van der Waals surface area contributed by atoms with Crippen molar-refractivity contribution in [2.75, 3.05) is 37.6 Å². The SMILES string of the molecule is CC.CC.CC(=O)NCCn1cc(CN2CCN(c3nccnc3-c3ccc(F)cc3)CC2)cn1. The van der Waals surface area contributed by atoms with Crippen LogP contribution in [-0.2, 0) is 17.9 Å². The molecule has 0 saturated carbocycles. The van der Waals surface area contributed by atoms with Gasteiger partial charge in [0.15, 0.2) is 5.82 Å². The largest absolute Gasteiger partial charge is 0.354 e. The standard InChI is InChI=1S/C22H26FN7O.2C2H6/c1-17(31)24-8-9-30-16-18(14-27-30)15-28-10-12-29(13-11-28)22-21(25-6-7-26-22)19-2-4-20(23)5-3-19;2*1-2/h2-7,14,16H,8-13,15H2,1H3,(H,24,31);2*1-2H3. The van der Waals surface area contributed by atoms with E-state index in [-0.39, 0.29) is 11.7 Å². The molecule has 1 aromatic carbocycles. The molecule has 0 radical (unpaired) electrons. The molecule has 1 amide bonds. The number of carbonyl (C=O) groups is 1. The van der Waals surface area contributed by atoms with Crippen molar-refractivity contribution in [1.29, 1.82) is 0 Å². The van der Waals surface area contributed by atoms with E-state index in [0.29, 0.717) is 13.1 Å². The highest BCUT2D eigenvalue weighted by Crippen LogP contribution is 2.27. The van der Waals surface area contributed by atoms with Crippen LogP contribution in [0.4, 0.5) is 10.2 Å². The summed E-state index contributed by atoms with van der Waals surface area (Å²) in [6.45, 7) is 15.0. The first-order valence-corrected chi connectivity index (χ1v) is 12.4. The van der Waals surface area contributed by atoms with Crippen molar-refractivity contribution < 1.29 is 9.18 Å². The Morgan fingerprint density at radius 2 is 1.66 bits per heavy atom. The number of hydrogen-bond acceptors (Lipinski definition) is 6. The quantitative estimate of drug-likeness (QED) is 0.548. The summed E-state index contributed by atoms with van der Waals surface area (Å²) in [6.07, 6.45) is 7.28. The van der Waals surface area contributed by atoms with Crippen LogP contribution < -0.4 is 10.2 Å². The Bertz CT molecular complexity index is 1010. The lowest BCUT2D eigenvalue weighted by Crippen LogP contribution is -2.46. The van der Waals surface area contributed by atoms with Crippen molar-refractivity contribution in [2.45, 2.75) is 47.7 Å². The Kier molecular flexibility index (Phi) is 11.8. The fraction of sp³-hybridized carbons (Fsp3) is 0.462. The van der Waals surface area contributed by atoms with E-state index < -0.39 is 0 Å². The molecule has 35 heavy (non-hydrogen) atoms. The van der Waals surface area contributed by atoms with Crippen molar-refractivity contribution >= 4 is 11.7 Å². The van der Waals surface area contributed by atoms with Gasteiger partial charge in [0.25, 0.3) is 0 Å². The number of nitrogens with one attached hydrogen (secondary N) is 1. The number of nitrogens with zero attached hydrogens (tertiary/aromatic N) is 6. The van der Waals surface area contributed by atoms with E-state index in [2.05, 4.69) is 30.2 Å². The molecule has 3 aromatic rings. The molecule has 1 fully saturated rings. The van der Waals surface area contributed by atoms with Crippen LogP contribution in [0.3, 0.4) is 0 Å². The van der Waals surface area contributed by atoms with Crippen LogP contribution in [0.25, 0.3) is 11.3 Å². The normalized spacial score (nSPS) is 13.3. The lowest BCUT2D eigenvalue weighted by atomic mass is 10.1. The monoisotopic (exact) mass is 483 g/mol. The Balaban J connectivity index is 0.00000103. The minimum absolute atomic E-state index is 0.0315. The first-order valence-electron chi connectivity index (χ1n) is 12.4. The molecule has 1 aliphatic rings. The third kappa shape index (κ3) is 8.43. The molecule has 0 unspecified atom stereocenters. The minimum atomic E-state index is -0.263. The average Bonchev–Trinajstić information content (AvgIpc) is 3.34. The highest BCUT2D eigenvalue weighted by molar-refractivity contribution is 5.72. The van der Waals surface area contributed by atoms with E-state index in [4.69, 9.17) is 0 Å². The molecule has 0 spiro atoms. The van der Waals surface area contributed by atoms with E-state index in [1.807, 2.05) is 44.8 Å². The maximum Gasteiger partial charge on any atom is 0.216 e. The number of rotatable bonds is 7. The van der Waals surface area contributed by atoms with Gasteiger partial charge in [-0.15, -0.1) is 0 Å². The third-order valence-corrected chi connectivity index (χ3v) is 5.28. The van der Waals surface area contributed by atoms with Crippen LogP contribution in [0.15, 0.2) is 49.1 Å². The molecule has 190 valence electrons. The second-order valence-corrected chi connectivity index (χ2v) is 7.59. The second kappa shape index (κ2) is 14.8. The predicted molar refractivity (Wildman–Crippen MR) is 139 cm³/mol. The van der Waals surface area contributed by atoms with Gasteiger partial charge in [0, 0.05) is 75.9 Å². The average molecular weight is 484 g/mol. The summed E-state index contributed by atoms with van der Waals surface area (Å²) in [5.41, 5.74) is 2.79. The van der Waals surface area contributed by atoms with E-state index >= 15 is 0 Å². The fourth-order valence-corrected chi connectivity index (χ4v) is 3.71. The topological polar surface area (TPSA) is 79.2 Å². The van der Waals surface area contributed by atoms with Gasteiger partial charge in [-0.2, -0.15) is 5.10 Å². The number of hydrogen-bond donors (Lipinski definition) is 1. The van der Waals surface area contributed by atoms with Gasteiger partial charge in [-0.25, -0.2) is 9.37 Å². The first-order chi connectivity index (χ1) is 17.1. The number of halogens is 1. The Labute approximate surface area is 208 Å². The number of aromatic nitrogens is 4. The second-order valence-electron chi connectivity index (χ2n) is 7.59. The van der Waals surface area contributed by atoms with Crippen LogP contribution in [-0.4, -0.2) is 63.3 Å². The summed E-state index contributed by atoms with van der Waals surface area (Å²) < 4.78 is 15.2. The van der Waals surface area contributed by atoms with Crippen molar-refractivity contribution in [3.8, 4) is 11.3 Å². The lowest BCUT2D eigenvalue weighted by Gasteiger charge is -2.35. The zero-order chi connectivity index (χ0) is 25.6. The number of amides is 1. The van der Waals surface area contributed by atoms with Gasteiger partial charge in [-0.05, 0) is 24.3 Å². The number of piperazine rings is 1. The molecule has 4 rings (SSSR count). The van der Waals surface area contributed by atoms with Gasteiger partial charge in [0.2, 0.25) is 5.91 Å². The van der Waals surface area contributed by atoms with Crippen LogP contribution in [0.1, 0.15) is 40.2 Å². The molecule has 0 bridgehead atoms. The Hall–Kier alpha value is -3.33. The van der Waals surface area contributed by atoms with Crippen LogP contribution in [0, 0.1) is 5.82 Å². The zero-order valence-corrected chi connectivity index (χ0v) is 21.5. The van der Waals surface area contributed by atoms with Crippen molar-refractivity contribution in [3.63, 3.8) is 0 Å². The van der Waals surface area contributed by atoms with E-state index in [0.717, 1.165) is 55.4 Å². The summed E-state index contributed by atoms with van der Waals surface area (Å²) >= 11 is 0. The molecule has 1 saturated heterocycles. The maximum absolute atomic E-state index is 13.3. The van der Waals surface area contributed by atoms with Gasteiger partial charge in [0.1, 0.15) is 11.5 Å². The minimum Gasteiger partial charge on any atom is -0.354 e. The van der Waals surface area contributed by atoms with Gasteiger partial charge in [-0.3, -0.25) is 19.4 Å². The van der Waals surface area contributed by atoms with Crippen molar-refractivity contribution in [2.24, 2.45) is 0 Å². The van der Waals surface area contributed by atoms with E-state index in [1.54, 1.807) is 24.5 Å². The molecule has 3 heterocycles. The summed E-state index contributed by atoms with van der Waals surface area (Å²) in [7, 11) is 0. The van der Waals surface area contributed by atoms with Crippen LogP contribution >= 0.6 is 0 Å². The molecule has 9 heteroatoms. The molecular weight excluding hydrogens is 445 g/mol. The van der Waals surface area contributed by atoms with Gasteiger partial charge < -0.3 is 10.2 Å². The fourth-order valence-electron chi connectivity index (χ4n) is 3.71. The molecule has 0 atom stereocenters. The lowest BCUT2D eigenvalue weighted by molar-refractivity contribution is -0.118. The predicted octanol–water partition coefficient (Wildman–Crippen LogP) is 3.99. The van der Waals surface area contributed by atoms with Crippen molar-refractivity contribution in [3.05, 3.63) is 60.4 Å². The molecular formula is C26H38FN7O. The molecule has 1 aliphatic heterocycles. The Morgan fingerprint density at radius 1 is 1.00 bits per heavy atom. The zero-order valence-electron chi connectivity index (χ0n) is 21.5. The molecule has 2 aromatic heterocycles. The summed E-state index contributed by atoms with van der Waals surface area (Å²) in [5.74, 6) is 0.539. The van der Waals surface area contributed by atoms with Crippen LogP contribution in [0.2, 0.25) is 0 Å². The molecule has 8 nitrogen and oxygen atoms in total. The van der Waals surface area contributed by atoms with Gasteiger partial charge >= 0.3 is 0 Å². The number of benzene rings is 1. The molecule has 0 aliphatic carbocycles. The highest BCUT2D eigenvalue weighted by atomic mass is 19.1.